The van der Waals surface area contributed by atoms with Crippen LogP contribution in [0.4, 0.5) is 4.39 Å². The summed E-state index contributed by atoms with van der Waals surface area (Å²) in [6.07, 6.45) is -2.28. The molecule has 12 heavy (non-hydrogen) atoms. The van der Waals surface area contributed by atoms with E-state index in [4.69, 9.17) is 22.1 Å². The van der Waals surface area contributed by atoms with Gasteiger partial charge >= 0.3 is 0 Å². The predicted octanol–water partition coefficient (Wildman–Crippen LogP) is -0.121. The lowest BCUT2D eigenvalue weighted by molar-refractivity contribution is -0.0351. The number of rotatable bonds is 3. The third kappa shape index (κ3) is 1.78. The van der Waals surface area contributed by atoms with E-state index in [0.29, 0.717) is 6.61 Å². The monoisotopic (exact) mass is 174 g/mol. The molecule has 1 unspecified atom stereocenters. The first-order chi connectivity index (χ1) is 5.70. The van der Waals surface area contributed by atoms with Crippen LogP contribution in [0.15, 0.2) is 0 Å². The summed E-state index contributed by atoms with van der Waals surface area (Å²) < 4.78 is 27.9. The molecule has 1 heterocycles. The first kappa shape index (κ1) is 9.96. The molecular formula is C7H12BFO3. The first-order valence-corrected chi connectivity index (χ1v) is 3.77. The minimum absolute atomic E-state index is 0.298. The van der Waals surface area contributed by atoms with Crippen LogP contribution in [-0.4, -0.2) is 53.1 Å². The molecule has 1 aliphatic rings. The third-order valence-corrected chi connectivity index (χ3v) is 1.93. The van der Waals surface area contributed by atoms with E-state index in [1.165, 1.54) is 14.2 Å². The van der Waals surface area contributed by atoms with Crippen LogP contribution >= 0.6 is 0 Å². The van der Waals surface area contributed by atoms with Crippen molar-refractivity contribution in [1.82, 2.24) is 0 Å². The highest BCUT2D eigenvalue weighted by Gasteiger charge is 2.42. The molecular weight excluding hydrogens is 162 g/mol. The molecule has 0 aliphatic carbocycles. The van der Waals surface area contributed by atoms with Gasteiger partial charge in [-0.2, -0.15) is 0 Å². The quantitative estimate of drug-likeness (QED) is 0.558. The Balaban J connectivity index is 2.52. The predicted molar refractivity (Wildman–Crippen MR) is 42.0 cm³/mol. The zero-order valence-corrected chi connectivity index (χ0v) is 7.20. The second kappa shape index (κ2) is 4.21. The van der Waals surface area contributed by atoms with Gasteiger partial charge in [0, 0.05) is 14.2 Å². The van der Waals surface area contributed by atoms with Crippen molar-refractivity contribution in [3.63, 3.8) is 0 Å². The minimum atomic E-state index is -1.27. The van der Waals surface area contributed by atoms with E-state index in [9.17, 15) is 4.39 Å². The molecule has 0 bridgehead atoms. The molecule has 1 fully saturated rings. The summed E-state index contributed by atoms with van der Waals surface area (Å²) in [4.78, 5) is 0. The normalized spacial score (nSPS) is 41.9. The van der Waals surface area contributed by atoms with Crippen LogP contribution in [0.25, 0.3) is 0 Å². The molecule has 0 saturated carbocycles. The van der Waals surface area contributed by atoms with Crippen LogP contribution in [-0.2, 0) is 14.2 Å². The molecule has 1 rings (SSSR count). The molecule has 4 atom stereocenters. The fourth-order valence-corrected chi connectivity index (χ4v) is 1.33. The maximum Gasteiger partial charge on any atom is 0.146 e. The van der Waals surface area contributed by atoms with Gasteiger partial charge in [-0.3, -0.25) is 0 Å². The van der Waals surface area contributed by atoms with Gasteiger partial charge in [-0.15, -0.1) is 0 Å². The molecule has 5 heteroatoms. The topological polar surface area (TPSA) is 27.7 Å². The largest absolute Gasteiger partial charge is 0.382 e. The van der Waals surface area contributed by atoms with Crippen LogP contribution in [0.1, 0.15) is 0 Å². The number of hydrogen-bond acceptors (Lipinski definition) is 3. The third-order valence-electron chi connectivity index (χ3n) is 1.93. The molecule has 0 N–H and O–H groups in total. The van der Waals surface area contributed by atoms with E-state index < -0.39 is 24.4 Å². The first-order valence-electron chi connectivity index (χ1n) is 3.77. The Bertz CT molecular complexity index is 147. The Morgan fingerprint density at radius 3 is 2.67 bits per heavy atom. The average molecular weight is 174 g/mol. The van der Waals surface area contributed by atoms with Gasteiger partial charge in [-0.05, 0) is 0 Å². The van der Waals surface area contributed by atoms with Gasteiger partial charge in [0.1, 0.15) is 26.2 Å². The van der Waals surface area contributed by atoms with Gasteiger partial charge in [0.05, 0.1) is 12.6 Å². The van der Waals surface area contributed by atoms with Crippen LogP contribution in [0.5, 0.6) is 0 Å². The molecule has 0 aromatic carbocycles. The van der Waals surface area contributed by atoms with Crippen molar-refractivity contribution < 1.29 is 18.6 Å². The van der Waals surface area contributed by atoms with E-state index in [0.717, 1.165) is 0 Å². The molecule has 0 aromatic heterocycles. The number of hydrogen-bond donors (Lipinski definition) is 0. The van der Waals surface area contributed by atoms with Crippen molar-refractivity contribution in [1.29, 1.82) is 0 Å². The summed E-state index contributed by atoms with van der Waals surface area (Å²) in [7, 11) is 8.28. The van der Waals surface area contributed by atoms with E-state index in [1.807, 2.05) is 0 Å². The van der Waals surface area contributed by atoms with Crippen LogP contribution in [0.2, 0.25) is 0 Å². The Morgan fingerprint density at radius 1 is 1.50 bits per heavy atom. The van der Waals surface area contributed by atoms with Crippen molar-refractivity contribution in [2.24, 2.45) is 0 Å². The molecule has 1 aliphatic heterocycles. The van der Waals surface area contributed by atoms with Gasteiger partial charge < -0.3 is 14.2 Å². The summed E-state index contributed by atoms with van der Waals surface area (Å²) in [5.41, 5.74) is 0. The fraction of sp³-hybridized carbons (Fsp3) is 1.00. The van der Waals surface area contributed by atoms with Gasteiger partial charge in [0.25, 0.3) is 0 Å². The second-order valence-corrected chi connectivity index (χ2v) is 2.74. The molecule has 0 amide bonds. The standard InChI is InChI=1S/C7H12BFO3/c1-10-3-4-6(11-2)5(9)7(8)12-4/h4-7H,3H2,1-2H3/t4-,5+,6?,7-/m1/s1. The summed E-state index contributed by atoms with van der Waals surface area (Å²) in [6, 6.07) is -0.893. The van der Waals surface area contributed by atoms with Crippen molar-refractivity contribution in [2.45, 2.75) is 24.4 Å². The lowest BCUT2D eigenvalue weighted by atomic mass is 9.94. The van der Waals surface area contributed by atoms with E-state index in [1.54, 1.807) is 0 Å². The molecule has 3 nitrogen and oxygen atoms in total. The molecule has 68 valence electrons. The van der Waals surface area contributed by atoms with E-state index in [-0.39, 0.29) is 0 Å². The zero-order valence-electron chi connectivity index (χ0n) is 7.20. The molecule has 1 saturated heterocycles. The Kier molecular flexibility index (Phi) is 3.49. The molecule has 2 radical (unpaired) electrons. The number of methoxy groups -OCH3 is 2. The Hall–Kier alpha value is -0.125. The maximum absolute atomic E-state index is 13.1. The molecule has 0 spiro atoms. The smallest absolute Gasteiger partial charge is 0.146 e. The van der Waals surface area contributed by atoms with E-state index in [2.05, 4.69) is 0 Å². The van der Waals surface area contributed by atoms with Gasteiger partial charge in [0.2, 0.25) is 0 Å². The second-order valence-electron chi connectivity index (χ2n) is 2.74. The SMILES string of the molecule is [B][C@@H]1O[C@H](COC)C(OC)[C@@H]1F. The highest BCUT2D eigenvalue weighted by Crippen LogP contribution is 2.24. The zero-order chi connectivity index (χ0) is 9.14. The van der Waals surface area contributed by atoms with Crippen molar-refractivity contribution in [3.8, 4) is 0 Å². The van der Waals surface area contributed by atoms with E-state index >= 15 is 0 Å². The summed E-state index contributed by atoms with van der Waals surface area (Å²) >= 11 is 0. The maximum atomic E-state index is 13.1. The van der Waals surface area contributed by atoms with Gasteiger partial charge in [-0.25, -0.2) is 4.39 Å². The highest BCUT2D eigenvalue weighted by molar-refractivity contribution is 6.11. The summed E-state index contributed by atoms with van der Waals surface area (Å²) in [5.74, 6) is 0. The Labute approximate surface area is 72.6 Å². The lowest BCUT2D eigenvalue weighted by Gasteiger charge is -2.16. The van der Waals surface area contributed by atoms with Gasteiger partial charge in [0.15, 0.2) is 0 Å². The number of ether oxygens (including phenoxy) is 3. The number of halogens is 1. The van der Waals surface area contributed by atoms with Gasteiger partial charge in [-0.1, -0.05) is 0 Å². The Morgan fingerprint density at radius 2 is 2.17 bits per heavy atom. The van der Waals surface area contributed by atoms with Crippen LogP contribution in [0.3, 0.4) is 0 Å². The van der Waals surface area contributed by atoms with Crippen LogP contribution in [0, 0.1) is 0 Å². The minimum Gasteiger partial charge on any atom is -0.382 e. The van der Waals surface area contributed by atoms with Crippen molar-refractivity contribution >= 4 is 7.85 Å². The fourth-order valence-electron chi connectivity index (χ4n) is 1.33. The average Bonchev–Trinajstić information content (AvgIpc) is 2.29. The number of alkyl halides is 1. The highest BCUT2D eigenvalue weighted by atomic mass is 19.1. The summed E-state index contributed by atoms with van der Waals surface area (Å²) in [5, 5.41) is 0. The summed E-state index contributed by atoms with van der Waals surface area (Å²) in [6.45, 7) is 0.298. The van der Waals surface area contributed by atoms with Crippen molar-refractivity contribution in [2.75, 3.05) is 20.8 Å². The lowest BCUT2D eigenvalue weighted by Crippen LogP contribution is -2.33. The van der Waals surface area contributed by atoms with Crippen molar-refractivity contribution in [3.05, 3.63) is 0 Å². The van der Waals surface area contributed by atoms with Crippen LogP contribution < -0.4 is 0 Å². The molecule has 0 aromatic rings.